The van der Waals surface area contributed by atoms with E-state index >= 15 is 0 Å². The van der Waals surface area contributed by atoms with Gasteiger partial charge in [-0.1, -0.05) is 0 Å². The third-order valence-electron chi connectivity index (χ3n) is 3.93. The number of rotatable bonds is 6. The molecule has 0 bridgehead atoms. The molecule has 0 aliphatic heterocycles. The normalized spacial score (nSPS) is 14.3. The molecule has 8 heteroatoms. The number of halogens is 2. The van der Waals surface area contributed by atoms with Crippen molar-refractivity contribution in [3.63, 3.8) is 0 Å². The Bertz CT molecular complexity index is 744. The first-order valence-corrected chi connectivity index (χ1v) is 8.53. The van der Waals surface area contributed by atoms with Crippen LogP contribution in [0.1, 0.15) is 33.8 Å². The number of benzene rings is 1. The van der Waals surface area contributed by atoms with Crippen molar-refractivity contribution < 1.29 is 14.0 Å². The minimum absolute atomic E-state index is 0. The molecule has 0 saturated heterocycles. The maximum atomic E-state index is 12.1. The van der Waals surface area contributed by atoms with E-state index < -0.39 is 0 Å². The maximum Gasteiger partial charge on any atom is 0.291 e. The molecule has 4 N–H and O–H groups in total. The van der Waals surface area contributed by atoms with E-state index in [0.29, 0.717) is 28.4 Å². The Morgan fingerprint density at radius 1 is 1.16 bits per heavy atom. The lowest BCUT2D eigenvalue weighted by Gasteiger charge is -2.11. The fourth-order valence-corrected chi connectivity index (χ4v) is 2.64. The molecule has 134 valence electrons. The monoisotopic (exact) mass is 427 g/mol. The molecule has 1 aromatic heterocycles. The van der Waals surface area contributed by atoms with Gasteiger partial charge in [0, 0.05) is 23.8 Å². The van der Waals surface area contributed by atoms with Crippen molar-refractivity contribution in [2.75, 3.05) is 11.9 Å². The van der Waals surface area contributed by atoms with Crippen LogP contribution >= 0.6 is 28.3 Å². The van der Waals surface area contributed by atoms with E-state index in [9.17, 15) is 9.59 Å². The molecule has 1 saturated carbocycles. The Kier molecular flexibility index (Phi) is 6.64. The molecule has 2 amide bonds. The number of hydrogen-bond donors (Lipinski definition) is 3. The van der Waals surface area contributed by atoms with E-state index in [4.69, 9.17) is 10.2 Å². The summed E-state index contributed by atoms with van der Waals surface area (Å²) in [5.41, 5.74) is 7.07. The van der Waals surface area contributed by atoms with Gasteiger partial charge in [-0.25, -0.2) is 0 Å². The molecular formula is C17H19BrClN3O3. The predicted molar refractivity (Wildman–Crippen MR) is 101 cm³/mol. The highest BCUT2D eigenvalue weighted by Gasteiger charge is 2.28. The lowest BCUT2D eigenvalue weighted by atomic mass is 10.1. The van der Waals surface area contributed by atoms with Crippen LogP contribution in [0.3, 0.4) is 0 Å². The molecule has 1 atom stereocenters. The molecule has 6 nitrogen and oxygen atoms in total. The van der Waals surface area contributed by atoms with Gasteiger partial charge in [-0.3, -0.25) is 9.59 Å². The summed E-state index contributed by atoms with van der Waals surface area (Å²) >= 11 is 3.15. The molecule has 2 aromatic rings. The number of furan rings is 1. The molecule has 0 radical (unpaired) electrons. The topological polar surface area (TPSA) is 97.4 Å². The molecule has 1 unspecified atom stereocenters. The summed E-state index contributed by atoms with van der Waals surface area (Å²) in [6.45, 7) is 0.482. The van der Waals surface area contributed by atoms with Gasteiger partial charge in [0.2, 0.25) is 0 Å². The van der Waals surface area contributed by atoms with Gasteiger partial charge in [0.05, 0.1) is 0 Å². The zero-order chi connectivity index (χ0) is 17.1. The van der Waals surface area contributed by atoms with E-state index in [1.165, 1.54) is 0 Å². The van der Waals surface area contributed by atoms with Crippen molar-refractivity contribution in [2.45, 2.75) is 18.9 Å². The Morgan fingerprint density at radius 3 is 2.40 bits per heavy atom. The summed E-state index contributed by atoms with van der Waals surface area (Å²) in [7, 11) is 0. The molecule has 1 aliphatic carbocycles. The van der Waals surface area contributed by atoms with E-state index in [2.05, 4.69) is 26.6 Å². The van der Waals surface area contributed by atoms with Gasteiger partial charge in [0.25, 0.3) is 11.8 Å². The second-order valence-electron chi connectivity index (χ2n) is 5.85. The maximum absolute atomic E-state index is 12.1. The molecule has 1 aliphatic rings. The molecule has 1 aromatic carbocycles. The molecular weight excluding hydrogens is 410 g/mol. The summed E-state index contributed by atoms with van der Waals surface area (Å²) in [6, 6.07) is 9.91. The first kappa shape index (κ1) is 19.5. The molecule has 3 rings (SSSR count). The van der Waals surface area contributed by atoms with E-state index in [1.807, 2.05) is 0 Å². The van der Waals surface area contributed by atoms with Crippen LogP contribution in [0.5, 0.6) is 0 Å². The summed E-state index contributed by atoms with van der Waals surface area (Å²) in [4.78, 5) is 24.1. The van der Waals surface area contributed by atoms with Crippen molar-refractivity contribution in [3.05, 3.63) is 52.4 Å². The Hall–Kier alpha value is -1.83. The quantitative estimate of drug-likeness (QED) is 0.658. The Balaban J connectivity index is 0.00000225. The average molecular weight is 429 g/mol. The van der Waals surface area contributed by atoms with Gasteiger partial charge in [0.15, 0.2) is 10.4 Å². The van der Waals surface area contributed by atoms with E-state index in [-0.39, 0.29) is 36.0 Å². The molecule has 1 fully saturated rings. The first-order valence-electron chi connectivity index (χ1n) is 7.73. The largest absolute Gasteiger partial charge is 0.444 e. The zero-order valence-corrected chi connectivity index (χ0v) is 15.7. The van der Waals surface area contributed by atoms with Gasteiger partial charge < -0.3 is 20.8 Å². The number of nitrogens with one attached hydrogen (secondary N) is 2. The number of hydrogen-bond acceptors (Lipinski definition) is 4. The molecule has 1 heterocycles. The molecule has 25 heavy (non-hydrogen) atoms. The Morgan fingerprint density at radius 2 is 1.84 bits per heavy atom. The fourth-order valence-electron chi connectivity index (χ4n) is 2.34. The van der Waals surface area contributed by atoms with Crippen LogP contribution in [-0.2, 0) is 0 Å². The summed E-state index contributed by atoms with van der Waals surface area (Å²) in [5, 5.41) is 5.54. The standard InChI is InChI=1S/C17H18BrN3O3.ClH/c18-15-8-7-14(24-15)17(23)21-12-5-3-11(4-6-12)16(22)20-9-13(19)10-1-2-10;/h3-8,10,13H,1-2,9,19H2,(H,20,22)(H,21,23);1H. The average Bonchev–Trinajstić information content (AvgIpc) is 3.34. The lowest BCUT2D eigenvalue weighted by Crippen LogP contribution is -2.38. The smallest absolute Gasteiger partial charge is 0.291 e. The van der Waals surface area contributed by atoms with Crippen LogP contribution in [0.15, 0.2) is 45.5 Å². The van der Waals surface area contributed by atoms with Crippen LogP contribution in [0.4, 0.5) is 5.69 Å². The fraction of sp³-hybridized carbons (Fsp3) is 0.294. The van der Waals surface area contributed by atoms with Crippen LogP contribution in [0, 0.1) is 5.92 Å². The zero-order valence-electron chi connectivity index (χ0n) is 13.3. The highest BCUT2D eigenvalue weighted by Crippen LogP contribution is 2.31. The van der Waals surface area contributed by atoms with Crippen LogP contribution < -0.4 is 16.4 Å². The Labute approximate surface area is 160 Å². The highest BCUT2D eigenvalue weighted by molar-refractivity contribution is 9.10. The number of carbonyl (C=O) groups is 2. The third kappa shape index (κ3) is 5.32. The van der Waals surface area contributed by atoms with Gasteiger partial charge in [-0.2, -0.15) is 0 Å². The number of nitrogens with two attached hydrogens (primary N) is 1. The summed E-state index contributed by atoms with van der Waals surface area (Å²) in [5.74, 6) is 0.231. The lowest BCUT2D eigenvalue weighted by molar-refractivity contribution is 0.0949. The van der Waals surface area contributed by atoms with E-state index in [1.54, 1.807) is 36.4 Å². The minimum atomic E-state index is -0.353. The SMILES string of the molecule is Cl.NC(CNC(=O)c1ccc(NC(=O)c2ccc(Br)o2)cc1)C1CC1. The van der Waals surface area contributed by atoms with Gasteiger partial charge in [-0.05, 0) is 71.1 Å². The van der Waals surface area contributed by atoms with E-state index in [0.717, 1.165) is 12.8 Å². The first-order chi connectivity index (χ1) is 11.5. The van der Waals surface area contributed by atoms with Crippen LogP contribution in [0.2, 0.25) is 0 Å². The van der Waals surface area contributed by atoms with Crippen molar-refractivity contribution in [2.24, 2.45) is 11.7 Å². The second-order valence-corrected chi connectivity index (χ2v) is 6.63. The summed E-state index contributed by atoms with van der Waals surface area (Å²) in [6.07, 6.45) is 2.30. The second kappa shape index (κ2) is 8.51. The van der Waals surface area contributed by atoms with Gasteiger partial charge in [0.1, 0.15) is 0 Å². The number of carbonyl (C=O) groups excluding carboxylic acids is 2. The minimum Gasteiger partial charge on any atom is -0.444 e. The van der Waals surface area contributed by atoms with Crippen molar-refractivity contribution in [1.29, 1.82) is 0 Å². The van der Waals surface area contributed by atoms with Crippen molar-refractivity contribution >= 4 is 45.8 Å². The number of anilines is 1. The molecule has 0 spiro atoms. The van der Waals surface area contributed by atoms with Gasteiger partial charge >= 0.3 is 0 Å². The predicted octanol–water partition coefficient (Wildman–Crippen LogP) is 3.18. The highest BCUT2D eigenvalue weighted by atomic mass is 79.9. The van der Waals surface area contributed by atoms with Crippen LogP contribution in [-0.4, -0.2) is 24.4 Å². The van der Waals surface area contributed by atoms with Crippen molar-refractivity contribution in [1.82, 2.24) is 5.32 Å². The van der Waals surface area contributed by atoms with Crippen LogP contribution in [0.25, 0.3) is 0 Å². The van der Waals surface area contributed by atoms with Crippen molar-refractivity contribution in [3.8, 4) is 0 Å². The van der Waals surface area contributed by atoms with Gasteiger partial charge in [-0.15, -0.1) is 12.4 Å². The number of amides is 2. The summed E-state index contributed by atoms with van der Waals surface area (Å²) < 4.78 is 5.68. The third-order valence-corrected chi connectivity index (χ3v) is 4.35.